The molecule has 1 aromatic rings. The first-order valence-corrected chi connectivity index (χ1v) is 5.65. The second-order valence-electron chi connectivity index (χ2n) is 3.76. The van der Waals surface area contributed by atoms with E-state index in [0.717, 1.165) is 0 Å². The summed E-state index contributed by atoms with van der Waals surface area (Å²) < 4.78 is 13.3. The fraction of sp³-hybridized carbons (Fsp3) is 0.364. The molecule has 1 atom stereocenters. The smallest absolute Gasteiger partial charge is 0.325 e. The second kappa shape index (κ2) is 5.41. The number of halogens is 2. The number of hydrogen-bond acceptors (Lipinski definition) is 2. The van der Waals surface area contributed by atoms with Crippen molar-refractivity contribution >= 4 is 21.9 Å². The predicted molar refractivity (Wildman–Crippen MR) is 62.7 cm³/mol. The third kappa shape index (κ3) is 3.28. The van der Waals surface area contributed by atoms with Crippen LogP contribution in [0.5, 0.6) is 0 Å². The van der Waals surface area contributed by atoms with Gasteiger partial charge in [0.1, 0.15) is 11.9 Å². The predicted octanol–water partition coefficient (Wildman–Crippen LogP) is 2.71. The van der Waals surface area contributed by atoms with Gasteiger partial charge in [0.05, 0.1) is 0 Å². The highest BCUT2D eigenvalue weighted by atomic mass is 79.9. The highest BCUT2D eigenvalue weighted by Gasteiger charge is 2.22. The van der Waals surface area contributed by atoms with E-state index in [1.807, 2.05) is 13.8 Å². The summed E-state index contributed by atoms with van der Waals surface area (Å²) in [5, 5.41) is 12.0. The maximum absolute atomic E-state index is 12.9. The first-order valence-electron chi connectivity index (χ1n) is 4.85. The first kappa shape index (κ1) is 13.1. The molecular weight excluding hydrogens is 277 g/mol. The molecule has 0 aliphatic carbocycles. The Morgan fingerprint density at radius 2 is 2.12 bits per heavy atom. The summed E-state index contributed by atoms with van der Waals surface area (Å²) in [5.74, 6) is -1.38. The van der Waals surface area contributed by atoms with E-state index in [2.05, 4.69) is 21.2 Å². The van der Waals surface area contributed by atoms with Crippen molar-refractivity contribution in [3.8, 4) is 0 Å². The van der Waals surface area contributed by atoms with Crippen molar-refractivity contribution in [3.63, 3.8) is 0 Å². The lowest BCUT2D eigenvalue weighted by molar-refractivity contribution is -0.139. The SMILES string of the molecule is CC(C)NC(C(=O)O)c1ccc(F)cc1Br. The minimum atomic E-state index is -0.985. The summed E-state index contributed by atoms with van der Waals surface area (Å²) in [6, 6.07) is 3.16. The second-order valence-corrected chi connectivity index (χ2v) is 4.61. The molecule has 0 heterocycles. The summed E-state index contributed by atoms with van der Waals surface area (Å²) in [6.07, 6.45) is 0. The van der Waals surface area contributed by atoms with E-state index < -0.39 is 17.8 Å². The summed E-state index contributed by atoms with van der Waals surface area (Å²) in [6.45, 7) is 3.71. The molecule has 0 saturated carbocycles. The third-order valence-electron chi connectivity index (χ3n) is 2.02. The largest absolute Gasteiger partial charge is 0.480 e. The maximum Gasteiger partial charge on any atom is 0.325 e. The lowest BCUT2D eigenvalue weighted by Crippen LogP contribution is -2.33. The molecule has 0 radical (unpaired) electrons. The third-order valence-corrected chi connectivity index (χ3v) is 2.71. The number of carbonyl (C=O) groups is 1. The molecule has 2 N–H and O–H groups in total. The van der Waals surface area contributed by atoms with Crippen molar-refractivity contribution < 1.29 is 14.3 Å². The Hall–Kier alpha value is -0.940. The molecule has 0 amide bonds. The molecule has 5 heteroatoms. The number of nitrogens with one attached hydrogen (secondary N) is 1. The number of aliphatic carboxylic acids is 1. The zero-order valence-corrected chi connectivity index (χ0v) is 10.6. The Labute approximate surface area is 102 Å². The topological polar surface area (TPSA) is 49.3 Å². The van der Waals surface area contributed by atoms with Gasteiger partial charge in [0.15, 0.2) is 0 Å². The van der Waals surface area contributed by atoms with Crippen LogP contribution in [0.2, 0.25) is 0 Å². The van der Waals surface area contributed by atoms with Gasteiger partial charge in [0.25, 0.3) is 0 Å². The highest BCUT2D eigenvalue weighted by Crippen LogP contribution is 2.25. The minimum absolute atomic E-state index is 0.0260. The Bertz CT molecular complexity index is 396. The number of benzene rings is 1. The fourth-order valence-electron chi connectivity index (χ4n) is 1.36. The molecule has 0 saturated heterocycles. The van der Waals surface area contributed by atoms with Crippen LogP contribution < -0.4 is 5.32 Å². The van der Waals surface area contributed by atoms with E-state index >= 15 is 0 Å². The van der Waals surface area contributed by atoms with Gasteiger partial charge in [-0.2, -0.15) is 0 Å². The van der Waals surface area contributed by atoms with E-state index in [0.29, 0.717) is 10.0 Å². The van der Waals surface area contributed by atoms with Gasteiger partial charge in [-0.1, -0.05) is 22.0 Å². The van der Waals surface area contributed by atoms with Gasteiger partial charge >= 0.3 is 5.97 Å². The van der Waals surface area contributed by atoms with Crippen LogP contribution in [0.3, 0.4) is 0 Å². The quantitative estimate of drug-likeness (QED) is 0.896. The van der Waals surface area contributed by atoms with Crippen molar-refractivity contribution in [1.29, 1.82) is 0 Å². The molecule has 0 spiro atoms. The average molecular weight is 290 g/mol. The van der Waals surface area contributed by atoms with Gasteiger partial charge in [-0.25, -0.2) is 4.39 Å². The molecular formula is C11H13BrFNO2. The molecule has 88 valence electrons. The van der Waals surface area contributed by atoms with E-state index in [4.69, 9.17) is 5.11 Å². The molecule has 0 aliphatic heterocycles. The fourth-order valence-corrected chi connectivity index (χ4v) is 1.94. The van der Waals surface area contributed by atoms with Gasteiger partial charge in [-0.05, 0) is 31.5 Å². The first-order chi connectivity index (χ1) is 7.41. The molecule has 0 aromatic heterocycles. The Morgan fingerprint density at radius 3 is 2.56 bits per heavy atom. The van der Waals surface area contributed by atoms with Crippen LogP contribution in [0.1, 0.15) is 25.5 Å². The van der Waals surface area contributed by atoms with Crippen LogP contribution in [0.4, 0.5) is 4.39 Å². The Kier molecular flexibility index (Phi) is 4.44. The van der Waals surface area contributed by atoms with Crippen molar-refractivity contribution in [1.82, 2.24) is 5.32 Å². The van der Waals surface area contributed by atoms with Crippen molar-refractivity contribution in [3.05, 3.63) is 34.1 Å². The lowest BCUT2D eigenvalue weighted by atomic mass is 10.1. The van der Waals surface area contributed by atoms with Crippen molar-refractivity contribution in [2.24, 2.45) is 0 Å². The Morgan fingerprint density at radius 1 is 1.50 bits per heavy atom. The number of rotatable bonds is 4. The van der Waals surface area contributed by atoms with Gasteiger partial charge in [-0.15, -0.1) is 0 Å². The maximum atomic E-state index is 12.9. The van der Waals surface area contributed by atoms with Gasteiger partial charge in [0, 0.05) is 10.5 Å². The monoisotopic (exact) mass is 289 g/mol. The number of carboxylic acids is 1. The average Bonchev–Trinajstić information content (AvgIpc) is 2.14. The van der Waals surface area contributed by atoms with E-state index in [1.54, 1.807) is 0 Å². The van der Waals surface area contributed by atoms with Crippen LogP contribution in [0.25, 0.3) is 0 Å². The lowest BCUT2D eigenvalue weighted by Gasteiger charge is -2.18. The van der Waals surface area contributed by atoms with Crippen LogP contribution in [0, 0.1) is 5.82 Å². The van der Waals surface area contributed by atoms with Crippen molar-refractivity contribution in [2.45, 2.75) is 25.9 Å². The summed E-state index contributed by atoms with van der Waals surface area (Å²) in [7, 11) is 0. The van der Waals surface area contributed by atoms with E-state index in [1.165, 1.54) is 18.2 Å². The summed E-state index contributed by atoms with van der Waals surface area (Å²) in [4.78, 5) is 11.1. The van der Waals surface area contributed by atoms with Crippen LogP contribution in [-0.4, -0.2) is 17.1 Å². The number of carboxylic acid groups (broad SMARTS) is 1. The molecule has 0 aliphatic rings. The summed E-state index contributed by atoms with van der Waals surface area (Å²) in [5.41, 5.74) is 0.516. The van der Waals surface area contributed by atoms with Gasteiger partial charge < -0.3 is 5.11 Å². The normalized spacial score (nSPS) is 12.8. The standard InChI is InChI=1S/C11H13BrFNO2/c1-6(2)14-10(11(15)16)8-4-3-7(13)5-9(8)12/h3-6,10,14H,1-2H3,(H,15,16). The van der Waals surface area contributed by atoms with Gasteiger partial charge in [-0.3, -0.25) is 10.1 Å². The molecule has 1 aromatic carbocycles. The molecule has 1 rings (SSSR count). The highest BCUT2D eigenvalue weighted by molar-refractivity contribution is 9.10. The van der Waals surface area contributed by atoms with Gasteiger partial charge in [0.2, 0.25) is 0 Å². The molecule has 0 fully saturated rings. The Balaban J connectivity index is 3.06. The van der Waals surface area contributed by atoms with Crippen LogP contribution in [0.15, 0.2) is 22.7 Å². The van der Waals surface area contributed by atoms with Crippen molar-refractivity contribution in [2.75, 3.05) is 0 Å². The van der Waals surface area contributed by atoms with E-state index in [-0.39, 0.29) is 6.04 Å². The molecule has 0 bridgehead atoms. The molecule has 1 unspecified atom stereocenters. The summed E-state index contributed by atoms with van der Waals surface area (Å²) >= 11 is 3.16. The van der Waals surface area contributed by atoms with E-state index in [9.17, 15) is 9.18 Å². The zero-order valence-electron chi connectivity index (χ0n) is 9.00. The molecule has 3 nitrogen and oxygen atoms in total. The minimum Gasteiger partial charge on any atom is -0.480 e. The van der Waals surface area contributed by atoms with Crippen LogP contribution in [-0.2, 0) is 4.79 Å². The van der Waals surface area contributed by atoms with Crippen LogP contribution >= 0.6 is 15.9 Å². The molecule has 16 heavy (non-hydrogen) atoms. The zero-order chi connectivity index (χ0) is 12.3. The number of hydrogen-bond donors (Lipinski definition) is 2.